The number of amides is 1. The third kappa shape index (κ3) is 6.01. The Morgan fingerprint density at radius 2 is 1.68 bits per heavy atom. The minimum Gasteiger partial charge on any atom is -0.497 e. The molecule has 0 saturated carbocycles. The third-order valence-corrected chi connectivity index (χ3v) is 5.55. The van der Waals surface area contributed by atoms with E-state index in [1.807, 2.05) is 66.9 Å². The predicted octanol–water partition coefficient (Wildman–Crippen LogP) is 5.05. The maximum Gasteiger partial charge on any atom is 0.234 e. The molecule has 2 aromatic carbocycles. The average molecular weight is 441 g/mol. The van der Waals surface area contributed by atoms with Crippen molar-refractivity contribution in [3.05, 3.63) is 59.9 Å². The van der Waals surface area contributed by atoms with Gasteiger partial charge in [-0.1, -0.05) is 29.5 Å². The summed E-state index contributed by atoms with van der Waals surface area (Å²) >= 11 is 1.36. The van der Waals surface area contributed by atoms with Crippen LogP contribution in [0.1, 0.15) is 44.3 Å². The summed E-state index contributed by atoms with van der Waals surface area (Å²) in [6, 6.07) is 15.3. The van der Waals surface area contributed by atoms with E-state index in [0.29, 0.717) is 11.0 Å². The molecule has 1 amide bonds. The molecule has 8 heteroatoms. The molecule has 0 saturated heterocycles. The molecule has 1 atom stereocenters. The van der Waals surface area contributed by atoms with Gasteiger partial charge in [-0.05, 0) is 64.1 Å². The first-order chi connectivity index (χ1) is 14.9. The number of aryl methyl sites for hydroxylation is 1. The molecule has 3 aromatic rings. The molecule has 0 radical (unpaired) electrons. The first-order valence-electron chi connectivity index (χ1n) is 10.1. The summed E-state index contributed by atoms with van der Waals surface area (Å²) in [7, 11) is 1.63. The SMILES string of the molecule is COc1ccc(OC(C)c2nnc(SCC(=O)Nc3ccc(C)cc3)n2C(C)C)cc1. The number of carbonyl (C=O) groups is 1. The quantitative estimate of drug-likeness (QED) is 0.469. The lowest BCUT2D eigenvalue weighted by molar-refractivity contribution is -0.113. The topological polar surface area (TPSA) is 78.3 Å². The number of carbonyl (C=O) groups excluding carboxylic acids is 1. The summed E-state index contributed by atoms with van der Waals surface area (Å²) in [5, 5.41) is 12.3. The fourth-order valence-corrected chi connectivity index (χ4v) is 3.90. The average Bonchev–Trinajstić information content (AvgIpc) is 3.19. The van der Waals surface area contributed by atoms with E-state index in [2.05, 4.69) is 29.4 Å². The van der Waals surface area contributed by atoms with Gasteiger partial charge >= 0.3 is 0 Å². The van der Waals surface area contributed by atoms with E-state index in [0.717, 1.165) is 22.7 Å². The first-order valence-corrected chi connectivity index (χ1v) is 11.1. The van der Waals surface area contributed by atoms with E-state index < -0.39 is 0 Å². The van der Waals surface area contributed by atoms with Crippen molar-refractivity contribution in [3.8, 4) is 11.5 Å². The number of ether oxygens (including phenoxy) is 2. The van der Waals surface area contributed by atoms with E-state index in [9.17, 15) is 4.79 Å². The van der Waals surface area contributed by atoms with Crippen LogP contribution in [0.25, 0.3) is 0 Å². The number of hydrogen-bond acceptors (Lipinski definition) is 6. The van der Waals surface area contributed by atoms with Gasteiger partial charge in [-0.2, -0.15) is 0 Å². The van der Waals surface area contributed by atoms with Crippen molar-refractivity contribution in [2.75, 3.05) is 18.2 Å². The van der Waals surface area contributed by atoms with Gasteiger partial charge in [0.05, 0.1) is 12.9 Å². The lowest BCUT2D eigenvalue weighted by atomic mass is 10.2. The molecule has 0 aliphatic heterocycles. The van der Waals surface area contributed by atoms with E-state index in [-0.39, 0.29) is 23.8 Å². The molecular weight excluding hydrogens is 412 g/mol. The number of aromatic nitrogens is 3. The molecule has 164 valence electrons. The summed E-state index contributed by atoms with van der Waals surface area (Å²) in [4.78, 5) is 12.4. The molecule has 3 rings (SSSR count). The van der Waals surface area contributed by atoms with Crippen LogP contribution in [-0.2, 0) is 4.79 Å². The monoisotopic (exact) mass is 440 g/mol. The number of methoxy groups -OCH3 is 1. The fourth-order valence-electron chi connectivity index (χ4n) is 3.02. The Hall–Kier alpha value is -3.00. The van der Waals surface area contributed by atoms with Crippen LogP contribution in [0.4, 0.5) is 5.69 Å². The highest BCUT2D eigenvalue weighted by Crippen LogP contribution is 2.28. The molecule has 0 spiro atoms. The van der Waals surface area contributed by atoms with Gasteiger partial charge < -0.3 is 19.4 Å². The van der Waals surface area contributed by atoms with Crippen LogP contribution in [0.5, 0.6) is 11.5 Å². The van der Waals surface area contributed by atoms with Crippen LogP contribution in [0.2, 0.25) is 0 Å². The third-order valence-electron chi connectivity index (χ3n) is 4.61. The molecule has 0 fully saturated rings. The van der Waals surface area contributed by atoms with Crippen LogP contribution in [0.3, 0.4) is 0 Å². The Morgan fingerprint density at radius 3 is 2.29 bits per heavy atom. The maximum absolute atomic E-state index is 12.4. The molecule has 0 aliphatic rings. The minimum atomic E-state index is -0.306. The Morgan fingerprint density at radius 1 is 1.03 bits per heavy atom. The number of anilines is 1. The second-order valence-electron chi connectivity index (χ2n) is 7.44. The van der Waals surface area contributed by atoms with Gasteiger partial charge in [0.2, 0.25) is 5.91 Å². The minimum absolute atomic E-state index is 0.0868. The Bertz CT molecular complexity index is 1000. The smallest absolute Gasteiger partial charge is 0.234 e. The summed E-state index contributed by atoms with van der Waals surface area (Å²) in [5.41, 5.74) is 1.93. The Kier molecular flexibility index (Phi) is 7.57. The zero-order valence-corrected chi connectivity index (χ0v) is 19.3. The number of nitrogens with zero attached hydrogens (tertiary/aromatic N) is 3. The van der Waals surface area contributed by atoms with Crippen LogP contribution in [-0.4, -0.2) is 33.5 Å². The van der Waals surface area contributed by atoms with E-state index in [1.165, 1.54) is 11.8 Å². The zero-order valence-electron chi connectivity index (χ0n) is 18.5. The molecule has 1 N–H and O–H groups in total. The fraction of sp³-hybridized carbons (Fsp3) is 0.348. The van der Waals surface area contributed by atoms with Gasteiger partial charge in [-0.3, -0.25) is 4.79 Å². The van der Waals surface area contributed by atoms with Crippen LogP contribution >= 0.6 is 11.8 Å². The van der Waals surface area contributed by atoms with Gasteiger partial charge in [0, 0.05) is 11.7 Å². The Balaban J connectivity index is 1.66. The van der Waals surface area contributed by atoms with Crippen molar-refractivity contribution in [2.45, 2.75) is 45.0 Å². The largest absolute Gasteiger partial charge is 0.497 e. The molecular formula is C23H28N4O3S. The first kappa shape index (κ1) is 22.7. The number of hydrogen-bond donors (Lipinski definition) is 1. The Labute approximate surface area is 187 Å². The summed E-state index contributed by atoms with van der Waals surface area (Å²) < 4.78 is 13.2. The normalized spacial score (nSPS) is 11.9. The van der Waals surface area contributed by atoms with Gasteiger partial charge in [0.15, 0.2) is 17.1 Å². The lowest BCUT2D eigenvalue weighted by Gasteiger charge is -2.19. The highest BCUT2D eigenvalue weighted by Gasteiger charge is 2.22. The van der Waals surface area contributed by atoms with Gasteiger partial charge in [0.1, 0.15) is 11.5 Å². The predicted molar refractivity (Wildman–Crippen MR) is 123 cm³/mol. The molecule has 0 aliphatic carbocycles. The molecule has 1 heterocycles. The van der Waals surface area contributed by atoms with E-state index in [4.69, 9.17) is 9.47 Å². The molecule has 1 unspecified atom stereocenters. The van der Waals surface area contributed by atoms with Crippen LogP contribution in [0, 0.1) is 6.92 Å². The number of thioether (sulfide) groups is 1. The molecule has 0 bridgehead atoms. The summed E-state index contributed by atoms with van der Waals surface area (Å²) in [6.07, 6.45) is -0.306. The van der Waals surface area contributed by atoms with Gasteiger partial charge in [-0.25, -0.2) is 0 Å². The second-order valence-corrected chi connectivity index (χ2v) is 8.39. The van der Waals surface area contributed by atoms with Crippen molar-refractivity contribution < 1.29 is 14.3 Å². The van der Waals surface area contributed by atoms with Crippen LogP contribution < -0.4 is 14.8 Å². The standard InChI is InChI=1S/C23H28N4O3S/c1-15(2)27-22(17(4)30-20-12-10-19(29-5)11-13-20)25-26-23(27)31-14-21(28)24-18-8-6-16(3)7-9-18/h6-13,15,17H,14H2,1-5H3,(H,24,28). The van der Waals surface area contributed by atoms with Gasteiger partial charge in [-0.15, -0.1) is 10.2 Å². The zero-order chi connectivity index (χ0) is 22.4. The van der Waals surface area contributed by atoms with Crippen molar-refractivity contribution in [1.82, 2.24) is 14.8 Å². The van der Waals surface area contributed by atoms with Crippen molar-refractivity contribution in [2.24, 2.45) is 0 Å². The summed E-state index contributed by atoms with van der Waals surface area (Å²) in [5.74, 6) is 2.36. The van der Waals surface area contributed by atoms with Crippen molar-refractivity contribution in [1.29, 1.82) is 0 Å². The second kappa shape index (κ2) is 10.3. The van der Waals surface area contributed by atoms with Crippen LogP contribution in [0.15, 0.2) is 53.7 Å². The van der Waals surface area contributed by atoms with Gasteiger partial charge in [0.25, 0.3) is 0 Å². The molecule has 1 aromatic heterocycles. The number of rotatable bonds is 9. The van der Waals surface area contributed by atoms with E-state index >= 15 is 0 Å². The number of benzene rings is 2. The highest BCUT2D eigenvalue weighted by atomic mass is 32.2. The molecule has 31 heavy (non-hydrogen) atoms. The maximum atomic E-state index is 12.4. The lowest BCUT2D eigenvalue weighted by Crippen LogP contribution is -2.16. The highest BCUT2D eigenvalue weighted by molar-refractivity contribution is 7.99. The number of nitrogens with one attached hydrogen (secondary N) is 1. The van der Waals surface area contributed by atoms with Crippen molar-refractivity contribution in [3.63, 3.8) is 0 Å². The summed E-state index contributed by atoms with van der Waals surface area (Å²) in [6.45, 7) is 8.07. The molecule has 7 nitrogen and oxygen atoms in total. The van der Waals surface area contributed by atoms with E-state index in [1.54, 1.807) is 7.11 Å². The van der Waals surface area contributed by atoms with Crippen molar-refractivity contribution >= 4 is 23.4 Å².